The smallest absolute Gasteiger partial charge is 0.306 e. The number of hydrogen-bond acceptors (Lipinski definition) is 8. The lowest BCUT2D eigenvalue weighted by molar-refractivity contribution is -0.870. The summed E-state index contributed by atoms with van der Waals surface area (Å²) in [5.74, 6) is -2.32. The minimum Gasteiger partial charge on any atom is -0.545 e. The molecule has 0 aliphatic carbocycles. The van der Waals surface area contributed by atoms with E-state index < -0.39 is 24.3 Å². The van der Waals surface area contributed by atoms with Crippen molar-refractivity contribution >= 4 is 17.9 Å². The molecule has 0 N–H and O–H groups in total. The van der Waals surface area contributed by atoms with Crippen LogP contribution in [0.25, 0.3) is 0 Å². The van der Waals surface area contributed by atoms with Gasteiger partial charge in [0, 0.05) is 12.8 Å². The molecular formula is C54H91NO8. The fraction of sp³-hybridized carbons (Fsp3) is 0.685. The quantitative estimate of drug-likeness (QED) is 0.0196. The van der Waals surface area contributed by atoms with Gasteiger partial charge < -0.3 is 33.3 Å². The van der Waals surface area contributed by atoms with E-state index in [4.69, 9.17) is 18.9 Å². The van der Waals surface area contributed by atoms with Crippen LogP contribution in [0.3, 0.4) is 0 Å². The molecule has 2 atom stereocenters. The summed E-state index contributed by atoms with van der Waals surface area (Å²) in [5.41, 5.74) is 0. The first kappa shape index (κ1) is 59.5. The first-order chi connectivity index (χ1) is 30.6. The SMILES string of the molecule is CC/C=C\C/C=C\C/C=C\C/C=C\CCCCCCCCCCC(=O)OC(COC(=O)CCCCCCCCC/C=C\C/C=C\C/C=C\CC)COC(OCC[N+](C)(C)C)C(=O)[O-]. The van der Waals surface area contributed by atoms with Gasteiger partial charge in [-0.2, -0.15) is 0 Å². The number of aliphatic carboxylic acids is 1. The Morgan fingerprint density at radius 1 is 0.476 bits per heavy atom. The number of quaternary nitrogens is 1. The molecule has 0 aromatic carbocycles. The van der Waals surface area contributed by atoms with Gasteiger partial charge in [-0.15, -0.1) is 0 Å². The van der Waals surface area contributed by atoms with Crippen LogP contribution in [-0.4, -0.2) is 82.3 Å². The molecule has 63 heavy (non-hydrogen) atoms. The predicted molar refractivity (Wildman–Crippen MR) is 260 cm³/mol. The third-order valence-corrected chi connectivity index (χ3v) is 10.1. The highest BCUT2D eigenvalue weighted by molar-refractivity contribution is 5.70. The number of likely N-dealkylation sites (N-methyl/N-ethyl adjacent to an activating group) is 1. The van der Waals surface area contributed by atoms with Crippen molar-refractivity contribution in [2.45, 2.75) is 193 Å². The second-order valence-electron chi connectivity index (χ2n) is 17.3. The van der Waals surface area contributed by atoms with E-state index in [1.165, 1.54) is 44.9 Å². The number of carboxylic acid groups (broad SMARTS) is 1. The van der Waals surface area contributed by atoms with Crippen molar-refractivity contribution in [3.8, 4) is 0 Å². The molecule has 0 aliphatic heterocycles. The van der Waals surface area contributed by atoms with Crippen LogP contribution in [0.15, 0.2) is 85.1 Å². The number of esters is 2. The van der Waals surface area contributed by atoms with E-state index in [1.54, 1.807) is 0 Å². The molecule has 0 aromatic heterocycles. The maximum atomic E-state index is 12.8. The van der Waals surface area contributed by atoms with Crippen molar-refractivity contribution in [3.05, 3.63) is 85.1 Å². The van der Waals surface area contributed by atoms with Gasteiger partial charge in [-0.25, -0.2) is 0 Å². The maximum absolute atomic E-state index is 12.8. The average molecular weight is 882 g/mol. The molecular weight excluding hydrogens is 791 g/mol. The lowest BCUT2D eigenvalue weighted by atomic mass is 10.1. The van der Waals surface area contributed by atoms with E-state index in [0.717, 1.165) is 103 Å². The van der Waals surface area contributed by atoms with E-state index >= 15 is 0 Å². The molecule has 0 fully saturated rings. The molecule has 0 radical (unpaired) electrons. The normalized spacial score (nSPS) is 13.6. The Morgan fingerprint density at radius 2 is 0.857 bits per heavy atom. The third kappa shape index (κ3) is 46.3. The number of ether oxygens (including phenoxy) is 4. The van der Waals surface area contributed by atoms with Gasteiger partial charge in [0.1, 0.15) is 13.2 Å². The van der Waals surface area contributed by atoms with Crippen LogP contribution in [0, 0.1) is 0 Å². The molecule has 9 heteroatoms. The highest BCUT2D eigenvalue weighted by atomic mass is 16.7. The molecule has 360 valence electrons. The zero-order valence-corrected chi connectivity index (χ0v) is 40.7. The van der Waals surface area contributed by atoms with Crippen LogP contribution in [0.4, 0.5) is 0 Å². The summed E-state index contributed by atoms with van der Waals surface area (Å²) in [7, 11) is 5.90. The maximum Gasteiger partial charge on any atom is 0.306 e. The second kappa shape index (κ2) is 45.1. The van der Waals surface area contributed by atoms with Crippen LogP contribution in [-0.2, 0) is 33.3 Å². The predicted octanol–water partition coefficient (Wildman–Crippen LogP) is 12.3. The van der Waals surface area contributed by atoms with Crippen LogP contribution >= 0.6 is 0 Å². The number of hydrogen-bond donors (Lipinski definition) is 0. The van der Waals surface area contributed by atoms with Crippen LogP contribution in [0.5, 0.6) is 0 Å². The van der Waals surface area contributed by atoms with Crippen molar-refractivity contribution in [3.63, 3.8) is 0 Å². The van der Waals surface area contributed by atoms with E-state index in [9.17, 15) is 19.5 Å². The number of carbonyl (C=O) groups is 3. The summed E-state index contributed by atoms with van der Waals surface area (Å²) in [5, 5.41) is 11.7. The van der Waals surface area contributed by atoms with E-state index in [-0.39, 0.29) is 38.6 Å². The summed E-state index contributed by atoms with van der Waals surface area (Å²) in [6.45, 7) is 4.48. The lowest BCUT2D eigenvalue weighted by Gasteiger charge is -2.26. The van der Waals surface area contributed by atoms with Crippen molar-refractivity contribution in [1.82, 2.24) is 0 Å². The molecule has 0 bridgehead atoms. The van der Waals surface area contributed by atoms with Crippen molar-refractivity contribution in [1.29, 1.82) is 0 Å². The molecule has 0 saturated carbocycles. The summed E-state index contributed by atoms with van der Waals surface area (Å²) in [4.78, 5) is 37.1. The first-order valence-corrected chi connectivity index (χ1v) is 24.7. The highest BCUT2D eigenvalue weighted by Crippen LogP contribution is 2.14. The Bertz CT molecular complexity index is 1300. The molecule has 0 spiro atoms. The van der Waals surface area contributed by atoms with Gasteiger partial charge >= 0.3 is 11.9 Å². The average Bonchev–Trinajstić information content (AvgIpc) is 3.24. The molecule has 2 unspecified atom stereocenters. The van der Waals surface area contributed by atoms with E-state index in [0.29, 0.717) is 17.4 Å². The van der Waals surface area contributed by atoms with Crippen molar-refractivity contribution in [2.24, 2.45) is 0 Å². The molecule has 0 aromatic rings. The van der Waals surface area contributed by atoms with E-state index in [2.05, 4.69) is 98.9 Å². The van der Waals surface area contributed by atoms with Gasteiger partial charge in [-0.3, -0.25) is 9.59 Å². The lowest BCUT2D eigenvalue weighted by Crippen LogP contribution is -2.44. The van der Waals surface area contributed by atoms with Crippen LogP contribution in [0.1, 0.15) is 181 Å². The summed E-state index contributed by atoms with van der Waals surface area (Å²) >= 11 is 0. The summed E-state index contributed by atoms with van der Waals surface area (Å²) < 4.78 is 22.6. The minimum atomic E-state index is -1.63. The Kier molecular flexibility index (Phi) is 42.5. The number of allylic oxidation sites excluding steroid dienone is 14. The van der Waals surface area contributed by atoms with Gasteiger partial charge in [-0.1, -0.05) is 170 Å². The Labute approximate surface area is 385 Å². The second-order valence-corrected chi connectivity index (χ2v) is 17.3. The van der Waals surface area contributed by atoms with E-state index in [1.807, 2.05) is 21.1 Å². The minimum absolute atomic E-state index is 0.140. The topological polar surface area (TPSA) is 111 Å². The number of unbranched alkanes of at least 4 members (excludes halogenated alkanes) is 15. The number of rotatable bonds is 44. The molecule has 0 saturated heterocycles. The largest absolute Gasteiger partial charge is 0.545 e. The van der Waals surface area contributed by atoms with Crippen molar-refractivity contribution in [2.75, 3.05) is 47.5 Å². The van der Waals surface area contributed by atoms with Gasteiger partial charge in [-0.05, 0) is 83.5 Å². The summed E-state index contributed by atoms with van der Waals surface area (Å²) in [6.07, 6.45) is 54.7. The number of carbonyl (C=O) groups excluding carboxylic acids is 3. The third-order valence-electron chi connectivity index (χ3n) is 10.1. The fourth-order valence-corrected chi connectivity index (χ4v) is 6.36. The van der Waals surface area contributed by atoms with Crippen LogP contribution in [0.2, 0.25) is 0 Å². The monoisotopic (exact) mass is 882 g/mol. The molecule has 0 rings (SSSR count). The van der Waals surface area contributed by atoms with Gasteiger partial charge in [0.05, 0.1) is 40.3 Å². The Hall–Kier alpha value is -3.53. The molecule has 0 amide bonds. The molecule has 0 heterocycles. The van der Waals surface area contributed by atoms with Gasteiger partial charge in [0.2, 0.25) is 0 Å². The van der Waals surface area contributed by atoms with Crippen LogP contribution < -0.4 is 5.11 Å². The Morgan fingerprint density at radius 3 is 1.27 bits per heavy atom. The fourth-order valence-electron chi connectivity index (χ4n) is 6.36. The summed E-state index contributed by atoms with van der Waals surface area (Å²) in [6, 6.07) is 0. The highest BCUT2D eigenvalue weighted by Gasteiger charge is 2.21. The number of nitrogens with zero attached hydrogens (tertiary/aromatic N) is 1. The standard InChI is InChI=1S/C54H91NO8/c1-6-8-10-12-14-16-18-20-22-24-25-26-27-29-31-33-35-37-39-41-43-45-52(57)63-50(49-62-54(53(58)59)60-47-46-55(3,4)5)48-61-51(56)44-42-40-38-36-34-32-30-28-23-21-19-17-15-13-11-9-7-2/h8-11,14-17,20-23,25-26,50,54H,6-7,12-13,18-19,24,27-49H2,1-5H3/b10-8-,11-9-,16-14-,17-15-,22-20-,23-21-,26-25-. The first-order valence-electron chi connectivity index (χ1n) is 24.7. The molecule has 9 nitrogen and oxygen atoms in total. The number of carboxylic acids is 1. The zero-order valence-electron chi connectivity index (χ0n) is 40.7. The molecule has 0 aliphatic rings. The van der Waals surface area contributed by atoms with Gasteiger partial charge in [0.15, 0.2) is 12.4 Å². The van der Waals surface area contributed by atoms with Crippen molar-refractivity contribution < 1.29 is 42.9 Å². The zero-order chi connectivity index (χ0) is 46.3. The van der Waals surface area contributed by atoms with Gasteiger partial charge in [0.25, 0.3) is 0 Å². The Balaban J connectivity index is 4.40.